The second kappa shape index (κ2) is 5.94. The second-order valence-electron chi connectivity index (χ2n) is 3.47. The van der Waals surface area contributed by atoms with Gasteiger partial charge in [-0.2, -0.15) is 0 Å². The summed E-state index contributed by atoms with van der Waals surface area (Å²) >= 11 is 14.1. The van der Waals surface area contributed by atoms with Gasteiger partial charge in [-0.3, -0.25) is 0 Å². The first-order valence-electron chi connectivity index (χ1n) is 4.98. The number of rotatable bonds is 3. The third-order valence-electron chi connectivity index (χ3n) is 2.20. The summed E-state index contributed by atoms with van der Waals surface area (Å²) in [5, 5.41) is 1.19. The molecule has 2 aromatic carbocycles. The highest BCUT2D eigenvalue weighted by Crippen LogP contribution is 2.32. The van der Waals surface area contributed by atoms with Gasteiger partial charge in [-0.25, -0.2) is 0 Å². The molecule has 1 nitrogen and oxygen atoms in total. The van der Waals surface area contributed by atoms with Crippen LogP contribution in [0.25, 0.3) is 0 Å². The molecule has 0 fully saturated rings. The molecule has 0 aliphatic heterocycles. The minimum Gasteiger partial charge on any atom is -0.488 e. The monoisotopic (exact) mass is 378 g/mol. The summed E-state index contributed by atoms with van der Waals surface area (Å²) in [6.45, 7) is 0.507. The standard InChI is InChI=1S/C13H9Cl2IO/c14-10-6-11(15)13(16)12(7-10)17-8-9-4-2-1-3-5-9/h1-7H,8H2. The second-order valence-corrected chi connectivity index (χ2v) is 5.40. The quantitative estimate of drug-likeness (QED) is 0.528. The van der Waals surface area contributed by atoms with Crippen LogP contribution in [0.2, 0.25) is 10.0 Å². The van der Waals surface area contributed by atoms with Crippen molar-refractivity contribution in [3.8, 4) is 5.75 Å². The largest absolute Gasteiger partial charge is 0.488 e. The molecule has 0 saturated heterocycles. The molecule has 0 atom stereocenters. The van der Waals surface area contributed by atoms with Gasteiger partial charge in [0.1, 0.15) is 12.4 Å². The highest BCUT2D eigenvalue weighted by Gasteiger charge is 2.07. The summed E-state index contributed by atoms with van der Waals surface area (Å²) in [6.07, 6.45) is 0. The molecular weight excluding hydrogens is 370 g/mol. The van der Waals surface area contributed by atoms with E-state index >= 15 is 0 Å². The lowest BCUT2D eigenvalue weighted by molar-refractivity contribution is 0.304. The molecule has 0 radical (unpaired) electrons. The van der Waals surface area contributed by atoms with Crippen molar-refractivity contribution in [2.75, 3.05) is 0 Å². The van der Waals surface area contributed by atoms with Crippen LogP contribution in [-0.4, -0.2) is 0 Å². The Morgan fingerprint density at radius 1 is 1.06 bits per heavy atom. The van der Waals surface area contributed by atoms with Crippen LogP contribution in [0.4, 0.5) is 0 Å². The lowest BCUT2D eigenvalue weighted by Crippen LogP contribution is -1.97. The maximum Gasteiger partial charge on any atom is 0.136 e. The van der Waals surface area contributed by atoms with Crippen molar-refractivity contribution in [1.29, 1.82) is 0 Å². The number of ether oxygens (including phenoxy) is 1. The molecule has 0 aromatic heterocycles. The zero-order valence-electron chi connectivity index (χ0n) is 8.79. The van der Waals surface area contributed by atoms with Gasteiger partial charge < -0.3 is 4.74 Å². The fourth-order valence-corrected chi connectivity index (χ4v) is 2.31. The molecule has 0 amide bonds. The molecule has 0 aliphatic rings. The molecule has 2 rings (SSSR count). The summed E-state index contributed by atoms with van der Waals surface area (Å²) in [6, 6.07) is 13.4. The van der Waals surface area contributed by atoms with E-state index in [4.69, 9.17) is 27.9 Å². The third kappa shape index (κ3) is 3.50. The molecule has 0 spiro atoms. The Kier molecular flexibility index (Phi) is 4.54. The van der Waals surface area contributed by atoms with E-state index in [1.54, 1.807) is 12.1 Å². The smallest absolute Gasteiger partial charge is 0.136 e. The summed E-state index contributed by atoms with van der Waals surface area (Å²) in [5.41, 5.74) is 1.11. The highest BCUT2D eigenvalue weighted by atomic mass is 127. The molecule has 0 unspecified atom stereocenters. The van der Waals surface area contributed by atoms with Crippen molar-refractivity contribution in [2.45, 2.75) is 6.61 Å². The van der Waals surface area contributed by atoms with Crippen LogP contribution in [0.1, 0.15) is 5.56 Å². The van der Waals surface area contributed by atoms with Crippen molar-refractivity contribution in [2.24, 2.45) is 0 Å². The van der Waals surface area contributed by atoms with Gasteiger partial charge in [-0.1, -0.05) is 53.5 Å². The fourth-order valence-electron chi connectivity index (χ4n) is 1.37. The Balaban J connectivity index is 2.14. The topological polar surface area (TPSA) is 9.23 Å². The maximum absolute atomic E-state index is 6.03. The minimum absolute atomic E-state index is 0.507. The summed E-state index contributed by atoms with van der Waals surface area (Å²) < 4.78 is 6.59. The number of hydrogen-bond donors (Lipinski definition) is 0. The Morgan fingerprint density at radius 3 is 2.47 bits per heavy atom. The van der Waals surface area contributed by atoms with E-state index < -0.39 is 0 Å². The molecule has 88 valence electrons. The van der Waals surface area contributed by atoms with Crippen LogP contribution < -0.4 is 4.74 Å². The van der Waals surface area contributed by atoms with Crippen LogP contribution in [0.3, 0.4) is 0 Å². The molecule has 4 heteroatoms. The van der Waals surface area contributed by atoms with Crippen molar-refractivity contribution >= 4 is 45.8 Å². The number of halogens is 3. The van der Waals surface area contributed by atoms with E-state index in [1.165, 1.54) is 0 Å². The van der Waals surface area contributed by atoms with E-state index in [0.29, 0.717) is 22.4 Å². The molecule has 2 aromatic rings. The maximum atomic E-state index is 6.03. The predicted molar refractivity (Wildman–Crippen MR) is 80.0 cm³/mol. The van der Waals surface area contributed by atoms with Gasteiger partial charge in [-0.15, -0.1) is 0 Å². The first-order chi connectivity index (χ1) is 8.16. The van der Waals surface area contributed by atoms with Gasteiger partial charge in [0, 0.05) is 5.02 Å². The zero-order valence-corrected chi connectivity index (χ0v) is 12.5. The van der Waals surface area contributed by atoms with Crippen molar-refractivity contribution in [3.63, 3.8) is 0 Å². The fraction of sp³-hybridized carbons (Fsp3) is 0.0769. The molecule has 0 saturated carbocycles. The molecule has 0 bridgehead atoms. The van der Waals surface area contributed by atoms with E-state index in [-0.39, 0.29) is 0 Å². The van der Waals surface area contributed by atoms with Gasteiger partial charge in [-0.05, 0) is 40.3 Å². The normalized spacial score (nSPS) is 10.3. The molecule has 17 heavy (non-hydrogen) atoms. The first-order valence-corrected chi connectivity index (χ1v) is 6.81. The van der Waals surface area contributed by atoms with Crippen LogP contribution in [0.5, 0.6) is 5.75 Å². The average molecular weight is 379 g/mol. The van der Waals surface area contributed by atoms with Crippen molar-refractivity contribution in [1.82, 2.24) is 0 Å². The zero-order chi connectivity index (χ0) is 12.3. The van der Waals surface area contributed by atoms with Gasteiger partial charge >= 0.3 is 0 Å². The molecule has 0 heterocycles. The van der Waals surface area contributed by atoms with Crippen LogP contribution in [-0.2, 0) is 6.61 Å². The van der Waals surface area contributed by atoms with E-state index in [1.807, 2.05) is 30.3 Å². The van der Waals surface area contributed by atoms with Crippen LogP contribution in [0.15, 0.2) is 42.5 Å². The van der Waals surface area contributed by atoms with Crippen LogP contribution in [0, 0.1) is 3.57 Å². The summed E-state index contributed by atoms with van der Waals surface area (Å²) in [7, 11) is 0. The van der Waals surface area contributed by atoms with Gasteiger partial charge in [0.15, 0.2) is 0 Å². The third-order valence-corrected chi connectivity index (χ3v) is 4.14. The molecule has 0 aliphatic carbocycles. The lowest BCUT2D eigenvalue weighted by Gasteiger charge is -2.09. The highest BCUT2D eigenvalue weighted by molar-refractivity contribution is 14.1. The Hall–Kier alpha value is -0.450. The van der Waals surface area contributed by atoms with E-state index in [0.717, 1.165) is 9.13 Å². The van der Waals surface area contributed by atoms with Crippen LogP contribution >= 0.6 is 45.8 Å². The van der Waals surface area contributed by atoms with E-state index in [9.17, 15) is 0 Å². The summed E-state index contributed by atoms with van der Waals surface area (Å²) in [5.74, 6) is 0.715. The Bertz CT molecular complexity index is 514. The number of benzene rings is 2. The SMILES string of the molecule is Clc1cc(Cl)c(I)c(OCc2ccccc2)c1. The number of hydrogen-bond acceptors (Lipinski definition) is 1. The summed E-state index contributed by atoms with van der Waals surface area (Å²) in [4.78, 5) is 0. The average Bonchev–Trinajstić information content (AvgIpc) is 2.33. The lowest BCUT2D eigenvalue weighted by atomic mass is 10.2. The minimum atomic E-state index is 0.507. The van der Waals surface area contributed by atoms with E-state index in [2.05, 4.69) is 22.6 Å². The molecular formula is C13H9Cl2IO. The van der Waals surface area contributed by atoms with Gasteiger partial charge in [0.05, 0.1) is 8.59 Å². The van der Waals surface area contributed by atoms with Gasteiger partial charge in [0.25, 0.3) is 0 Å². The van der Waals surface area contributed by atoms with Crippen molar-refractivity contribution < 1.29 is 4.74 Å². The predicted octanol–water partition coefficient (Wildman–Crippen LogP) is 5.18. The van der Waals surface area contributed by atoms with Gasteiger partial charge in [0.2, 0.25) is 0 Å². The molecule has 0 N–H and O–H groups in total. The Morgan fingerprint density at radius 2 is 1.76 bits per heavy atom. The first kappa shape index (κ1) is 13.0. The van der Waals surface area contributed by atoms with Crippen molar-refractivity contribution in [3.05, 3.63) is 61.6 Å². The Labute approximate surface area is 124 Å².